The highest BCUT2D eigenvalue weighted by molar-refractivity contribution is 6.53. The number of hydrogen-bond donors (Lipinski definition) is 1. The highest BCUT2D eigenvalue weighted by atomic mass is 35.5. The van der Waals surface area contributed by atoms with Gasteiger partial charge in [-0.1, -0.05) is 65.7 Å². The first kappa shape index (κ1) is 26.0. The Morgan fingerprint density at radius 3 is 2.32 bits per heavy atom. The number of halogens is 2. The molecule has 1 N–H and O–H groups in total. The molecule has 0 radical (unpaired) electrons. The van der Waals surface area contributed by atoms with E-state index in [1.807, 2.05) is 30.0 Å². The Kier molecular flexibility index (Phi) is 7.51. The van der Waals surface area contributed by atoms with E-state index in [0.717, 1.165) is 30.1 Å². The lowest BCUT2D eigenvalue weighted by atomic mass is 10.1. The molecule has 38 heavy (non-hydrogen) atoms. The summed E-state index contributed by atoms with van der Waals surface area (Å²) in [6, 6.07) is 22.1. The third-order valence-electron chi connectivity index (χ3n) is 6.73. The van der Waals surface area contributed by atoms with Crippen LogP contribution in [0.25, 0.3) is 0 Å². The minimum atomic E-state index is -0.639. The zero-order chi connectivity index (χ0) is 26.8. The number of nitrogens with zero attached hydrogens (tertiary/aromatic N) is 3. The van der Waals surface area contributed by atoms with E-state index in [4.69, 9.17) is 23.2 Å². The Morgan fingerprint density at radius 1 is 0.868 bits per heavy atom. The maximum Gasteiger partial charge on any atom is 0.283 e. The first-order valence-corrected chi connectivity index (χ1v) is 13.0. The van der Waals surface area contributed by atoms with Crippen molar-refractivity contribution in [3.05, 3.63) is 105 Å². The van der Waals surface area contributed by atoms with Gasteiger partial charge in [-0.15, -0.1) is 0 Å². The van der Waals surface area contributed by atoms with Gasteiger partial charge in [0.05, 0.1) is 5.69 Å². The predicted molar refractivity (Wildman–Crippen MR) is 149 cm³/mol. The Labute approximate surface area is 231 Å². The van der Waals surface area contributed by atoms with Gasteiger partial charge in [-0.25, -0.2) is 4.90 Å². The van der Waals surface area contributed by atoms with E-state index in [1.165, 1.54) is 5.56 Å². The number of piperazine rings is 1. The molecule has 1 saturated heterocycles. The molecule has 0 saturated carbocycles. The van der Waals surface area contributed by atoms with Crippen molar-refractivity contribution in [3.63, 3.8) is 0 Å². The normalized spacial score (nSPS) is 16.4. The van der Waals surface area contributed by atoms with Crippen molar-refractivity contribution in [1.29, 1.82) is 0 Å². The molecule has 0 bridgehead atoms. The summed E-state index contributed by atoms with van der Waals surface area (Å²) in [6.45, 7) is 5.52. The maximum absolute atomic E-state index is 13.2. The quantitative estimate of drug-likeness (QED) is 0.437. The van der Waals surface area contributed by atoms with Gasteiger partial charge in [-0.2, -0.15) is 0 Å². The molecule has 5 rings (SSSR count). The van der Waals surface area contributed by atoms with Crippen LogP contribution in [0.4, 0.5) is 11.4 Å². The van der Waals surface area contributed by atoms with Crippen molar-refractivity contribution in [2.75, 3.05) is 36.4 Å². The third-order valence-corrected chi connectivity index (χ3v) is 7.49. The van der Waals surface area contributed by atoms with E-state index >= 15 is 0 Å². The summed E-state index contributed by atoms with van der Waals surface area (Å²) in [6.07, 6.45) is 0. The van der Waals surface area contributed by atoms with E-state index in [2.05, 4.69) is 22.3 Å². The summed E-state index contributed by atoms with van der Waals surface area (Å²) < 4.78 is 0. The van der Waals surface area contributed by atoms with Crippen LogP contribution >= 0.6 is 23.2 Å². The van der Waals surface area contributed by atoms with Crippen molar-refractivity contribution in [3.8, 4) is 0 Å². The zero-order valence-corrected chi connectivity index (χ0v) is 22.3. The molecule has 3 amide bonds. The third kappa shape index (κ3) is 5.31. The second kappa shape index (κ2) is 11.0. The number of hydrogen-bond acceptors (Lipinski definition) is 5. The molecule has 3 aromatic rings. The SMILES string of the molecule is Cc1ccc(N2C(=O)C(Cl)=C(Nc3cccc(C(=O)N4CCN(Cc5ccccc5)CC4)c3)C2=O)cc1Cl. The van der Waals surface area contributed by atoms with Gasteiger partial charge in [0.25, 0.3) is 17.7 Å². The number of imide groups is 1. The molecule has 3 aromatic carbocycles. The minimum Gasteiger partial charge on any atom is -0.350 e. The Morgan fingerprint density at radius 2 is 1.61 bits per heavy atom. The molecule has 2 aliphatic rings. The standard InChI is InChI=1S/C29H26Cl2N4O3/c1-19-10-11-23(17-24(19)30)35-28(37)25(31)26(29(35)38)32-22-9-5-8-21(16-22)27(36)34-14-12-33(13-15-34)18-20-6-3-2-4-7-20/h2-11,16-17,32H,12-15,18H2,1H3. The molecular weight excluding hydrogens is 523 g/mol. The van der Waals surface area contributed by atoms with Gasteiger partial charge in [-0.05, 0) is 48.4 Å². The van der Waals surface area contributed by atoms with Crippen LogP contribution in [-0.4, -0.2) is 53.7 Å². The van der Waals surface area contributed by atoms with E-state index in [9.17, 15) is 14.4 Å². The Bertz CT molecular complexity index is 1430. The number of rotatable bonds is 6. The van der Waals surface area contributed by atoms with Crippen molar-refractivity contribution < 1.29 is 14.4 Å². The largest absolute Gasteiger partial charge is 0.350 e. The summed E-state index contributed by atoms with van der Waals surface area (Å²) in [4.78, 5) is 44.3. The average molecular weight is 549 g/mol. The molecule has 0 atom stereocenters. The number of benzene rings is 3. The van der Waals surface area contributed by atoms with Crippen molar-refractivity contribution in [2.45, 2.75) is 13.5 Å². The second-order valence-corrected chi connectivity index (χ2v) is 10.1. The average Bonchev–Trinajstić information content (AvgIpc) is 3.14. The number of nitrogens with one attached hydrogen (secondary N) is 1. The van der Waals surface area contributed by atoms with Crippen LogP contribution in [0.15, 0.2) is 83.5 Å². The summed E-state index contributed by atoms with van der Waals surface area (Å²) in [5.74, 6) is -1.32. The fourth-order valence-corrected chi connectivity index (χ4v) is 4.96. The molecule has 0 aromatic heterocycles. The fourth-order valence-electron chi connectivity index (χ4n) is 4.57. The number of carbonyl (C=O) groups is 3. The number of anilines is 2. The zero-order valence-electron chi connectivity index (χ0n) is 20.8. The lowest BCUT2D eigenvalue weighted by molar-refractivity contribution is -0.120. The van der Waals surface area contributed by atoms with Crippen molar-refractivity contribution in [2.24, 2.45) is 0 Å². The Hall–Kier alpha value is -3.65. The summed E-state index contributed by atoms with van der Waals surface area (Å²) in [5, 5.41) is 3.17. The van der Waals surface area contributed by atoms with Crippen LogP contribution in [0.5, 0.6) is 0 Å². The fraction of sp³-hybridized carbons (Fsp3) is 0.207. The van der Waals surface area contributed by atoms with Gasteiger partial charge in [0, 0.05) is 49.0 Å². The van der Waals surface area contributed by atoms with Crippen LogP contribution in [0.3, 0.4) is 0 Å². The van der Waals surface area contributed by atoms with Crippen LogP contribution in [-0.2, 0) is 16.1 Å². The maximum atomic E-state index is 13.2. The first-order valence-electron chi connectivity index (χ1n) is 12.3. The van der Waals surface area contributed by atoms with E-state index in [0.29, 0.717) is 35.1 Å². The Balaban J connectivity index is 1.25. The molecule has 9 heteroatoms. The van der Waals surface area contributed by atoms with Gasteiger partial charge >= 0.3 is 0 Å². The molecule has 1 fully saturated rings. The molecule has 0 aliphatic carbocycles. The summed E-state index contributed by atoms with van der Waals surface area (Å²) in [7, 11) is 0. The summed E-state index contributed by atoms with van der Waals surface area (Å²) in [5.41, 5.74) is 3.33. The number of carbonyl (C=O) groups excluding carboxylic acids is 3. The molecule has 2 heterocycles. The van der Waals surface area contributed by atoms with Crippen LogP contribution < -0.4 is 10.2 Å². The monoisotopic (exact) mass is 548 g/mol. The van der Waals surface area contributed by atoms with Crippen LogP contribution in [0.1, 0.15) is 21.5 Å². The molecule has 7 nitrogen and oxygen atoms in total. The highest BCUT2D eigenvalue weighted by Gasteiger charge is 2.39. The molecule has 0 unspecified atom stereocenters. The van der Waals surface area contributed by atoms with Crippen LogP contribution in [0, 0.1) is 6.92 Å². The smallest absolute Gasteiger partial charge is 0.283 e. The van der Waals surface area contributed by atoms with Gasteiger partial charge in [-0.3, -0.25) is 19.3 Å². The molecule has 2 aliphatic heterocycles. The lowest BCUT2D eigenvalue weighted by Crippen LogP contribution is -2.48. The topological polar surface area (TPSA) is 73.0 Å². The van der Waals surface area contributed by atoms with Gasteiger partial charge in [0.15, 0.2) is 0 Å². The minimum absolute atomic E-state index is 0.0486. The number of amides is 3. The molecule has 194 valence electrons. The molecular formula is C29H26Cl2N4O3. The molecule has 0 spiro atoms. The van der Waals surface area contributed by atoms with E-state index in [-0.39, 0.29) is 16.6 Å². The van der Waals surface area contributed by atoms with E-state index in [1.54, 1.807) is 42.5 Å². The highest BCUT2D eigenvalue weighted by Crippen LogP contribution is 2.32. The number of aryl methyl sites for hydroxylation is 1. The lowest BCUT2D eigenvalue weighted by Gasteiger charge is -2.34. The van der Waals surface area contributed by atoms with Gasteiger partial charge in [0.1, 0.15) is 10.7 Å². The van der Waals surface area contributed by atoms with Crippen molar-refractivity contribution >= 4 is 52.3 Å². The first-order chi connectivity index (χ1) is 18.3. The predicted octanol–water partition coefficient (Wildman–Crippen LogP) is 5.04. The van der Waals surface area contributed by atoms with E-state index < -0.39 is 11.8 Å². The van der Waals surface area contributed by atoms with Crippen LogP contribution in [0.2, 0.25) is 5.02 Å². The van der Waals surface area contributed by atoms with Crippen molar-refractivity contribution in [1.82, 2.24) is 9.80 Å². The summed E-state index contributed by atoms with van der Waals surface area (Å²) >= 11 is 12.5. The van der Waals surface area contributed by atoms with Gasteiger partial charge < -0.3 is 10.2 Å². The van der Waals surface area contributed by atoms with Gasteiger partial charge in [0.2, 0.25) is 0 Å². The second-order valence-electron chi connectivity index (χ2n) is 9.33.